The molecule has 20 heavy (non-hydrogen) atoms. The summed E-state index contributed by atoms with van der Waals surface area (Å²) in [5.41, 5.74) is 1.81. The summed E-state index contributed by atoms with van der Waals surface area (Å²) >= 11 is 0. The summed E-state index contributed by atoms with van der Waals surface area (Å²) in [7, 11) is 0. The van der Waals surface area contributed by atoms with Gasteiger partial charge in [-0.15, -0.1) is 0 Å². The van der Waals surface area contributed by atoms with E-state index in [1.54, 1.807) is 0 Å². The Morgan fingerprint density at radius 3 is 3.15 bits per heavy atom. The molecule has 0 aliphatic carbocycles. The number of amides is 1. The Labute approximate surface area is 118 Å². The van der Waals surface area contributed by atoms with Crippen LogP contribution >= 0.6 is 0 Å². The zero-order valence-corrected chi connectivity index (χ0v) is 11.6. The molecule has 0 saturated carbocycles. The van der Waals surface area contributed by atoms with Crippen molar-refractivity contribution in [3.05, 3.63) is 30.1 Å². The van der Waals surface area contributed by atoms with E-state index in [1.165, 1.54) is 0 Å². The monoisotopic (exact) mass is 273 g/mol. The summed E-state index contributed by atoms with van der Waals surface area (Å²) < 4.78 is 7.38. The molecule has 0 spiro atoms. The Hall–Kier alpha value is -1.88. The zero-order valence-electron chi connectivity index (χ0n) is 11.6. The van der Waals surface area contributed by atoms with Crippen molar-refractivity contribution in [2.24, 2.45) is 5.92 Å². The van der Waals surface area contributed by atoms with Crippen LogP contribution in [0, 0.1) is 12.8 Å². The van der Waals surface area contributed by atoms with E-state index >= 15 is 0 Å². The van der Waals surface area contributed by atoms with E-state index in [0.29, 0.717) is 12.4 Å². The maximum absolute atomic E-state index is 12.3. The normalized spacial score (nSPS) is 19.8. The maximum Gasteiger partial charge on any atom is 0.228 e. The summed E-state index contributed by atoms with van der Waals surface area (Å²) in [6.07, 6.45) is 4.57. The lowest BCUT2D eigenvalue weighted by Crippen LogP contribution is -2.23. The molecule has 1 amide bonds. The van der Waals surface area contributed by atoms with Crippen LogP contribution < -0.4 is 5.32 Å². The second-order valence-corrected chi connectivity index (χ2v) is 5.20. The van der Waals surface area contributed by atoms with E-state index in [4.69, 9.17) is 4.74 Å². The highest BCUT2D eigenvalue weighted by atomic mass is 16.5. The molecule has 1 unspecified atom stereocenters. The van der Waals surface area contributed by atoms with Crippen molar-refractivity contribution in [1.82, 2.24) is 9.38 Å². The van der Waals surface area contributed by atoms with Crippen LogP contribution in [0.15, 0.2) is 24.4 Å². The van der Waals surface area contributed by atoms with Crippen molar-refractivity contribution in [1.29, 1.82) is 0 Å². The lowest BCUT2D eigenvalue weighted by molar-refractivity contribution is -0.120. The van der Waals surface area contributed by atoms with Crippen LogP contribution in [0.2, 0.25) is 0 Å². The Kier molecular flexibility index (Phi) is 3.69. The first-order valence-corrected chi connectivity index (χ1v) is 7.08. The van der Waals surface area contributed by atoms with E-state index in [1.807, 2.05) is 35.7 Å². The molecule has 0 radical (unpaired) electrons. The first-order valence-electron chi connectivity index (χ1n) is 7.08. The number of fused-ring (bicyclic) bond motifs is 1. The molecule has 5 heteroatoms. The number of nitrogens with one attached hydrogen (secondary N) is 1. The molecule has 5 nitrogen and oxygen atoms in total. The van der Waals surface area contributed by atoms with Crippen LogP contribution in [-0.2, 0) is 9.53 Å². The topological polar surface area (TPSA) is 55.6 Å². The van der Waals surface area contributed by atoms with Crippen molar-refractivity contribution in [3.8, 4) is 0 Å². The third-order valence-corrected chi connectivity index (χ3v) is 3.83. The van der Waals surface area contributed by atoms with Gasteiger partial charge in [-0.05, 0) is 38.3 Å². The number of imidazole rings is 1. The molecular weight excluding hydrogens is 254 g/mol. The minimum atomic E-state index is 0.0294. The number of carbonyl (C=O) groups is 1. The molecule has 0 aromatic carbocycles. The number of hydrogen-bond acceptors (Lipinski definition) is 3. The lowest BCUT2D eigenvalue weighted by Gasteiger charge is -2.12. The summed E-state index contributed by atoms with van der Waals surface area (Å²) in [5, 5.41) is 2.97. The number of pyridine rings is 1. The molecule has 1 fully saturated rings. The number of aryl methyl sites for hydroxylation is 1. The van der Waals surface area contributed by atoms with Gasteiger partial charge in [-0.25, -0.2) is 4.98 Å². The number of nitrogens with zero attached hydrogens (tertiary/aromatic N) is 2. The zero-order chi connectivity index (χ0) is 13.9. The highest BCUT2D eigenvalue weighted by Crippen LogP contribution is 2.20. The van der Waals surface area contributed by atoms with Crippen molar-refractivity contribution in [3.63, 3.8) is 0 Å². The number of rotatable bonds is 2. The minimum Gasteiger partial charge on any atom is -0.381 e. The summed E-state index contributed by atoms with van der Waals surface area (Å²) in [6, 6.07) is 5.83. The molecule has 2 aromatic heterocycles. The Morgan fingerprint density at radius 2 is 2.30 bits per heavy atom. The molecule has 1 N–H and O–H groups in total. The molecule has 3 rings (SSSR count). The fraction of sp³-hybridized carbons (Fsp3) is 0.467. The molecule has 0 bridgehead atoms. The molecule has 1 saturated heterocycles. The second kappa shape index (κ2) is 5.63. The molecule has 2 aromatic rings. The van der Waals surface area contributed by atoms with E-state index in [2.05, 4.69) is 10.3 Å². The predicted molar refractivity (Wildman–Crippen MR) is 76.7 cm³/mol. The number of anilines is 1. The van der Waals surface area contributed by atoms with Gasteiger partial charge in [0.15, 0.2) is 5.82 Å². The Bertz CT molecular complexity index is 613. The van der Waals surface area contributed by atoms with Gasteiger partial charge >= 0.3 is 0 Å². The smallest absolute Gasteiger partial charge is 0.228 e. The fourth-order valence-electron chi connectivity index (χ4n) is 2.62. The third kappa shape index (κ3) is 2.54. The Morgan fingerprint density at radius 1 is 1.40 bits per heavy atom. The van der Waals surface area contributed by atoms with Gasteiger partial charge in [0.25, 0.3) is 0 Å². The van der Waals surface area contributed by atoms with Crippen molar-refractivity contribution in [2.75, 3.05) is 18.5 Å². The molecule has 1 atom stereocenters. The van der Waals surface area contributed by atoms with Crippen molar-refractivity contribution in [2.45, 2.75) is 26.2 Å². The quantitative estimate of drug-likeness (QED) is 0.914. The second-order valence-electron chi connectivity index (χ2n) is 5.20. The van der Waals surface area contributed by atoms with Gasteiger partial charge in [0, 0.05) is 25.3 Å². The van der Waals surface area contributed by atoms with Gasteiger partial charge < -0.3 is 14.5 Å². The molecule has 1 aliphatic heterocycles. The molecule has 1 aliphatic rings. The predicted octanol–water partition coefficient (Wildman–Crippen LogP) is 2.40. The van der Waals surface area contributed by atoms with Gasteiger partial charge in [-0.2, -0.15) is 0 Å². The number of aromatic nitrogens is 2. The first-order chi connectivity index (χ1) is 9.75. The summed E-state index contributed by atoms with van der Waals surface area (Å²) in [4.78, 5) is 16.8. The SMILES string of the molecule is Cc1c(NC(=O)C2CCCOCC2)nc2ccccn12. The Balaban J connectivity index is 1.78. The highest BCUT2D eigenvalue weighted by molar-refractivity contribution is 5.92. The van der Waals surface area contributed by atoms with Gasteiger partial charge in [-0.3, -0.25) is 4.79 Å². The van der Waals surface area contributed by atoms with Crippen LogP contribution in [0.1, 0.15) is 25.0 Å². The van der Waals surface area contributed by atoms with E-state index in [-0.39, 0.29) is 11.8 Å². The molecule has 106 valence electrons. The molecule has 3 heterocycles. The van der Waals surface area contributed by atoms with Gasteiger partial charge in [0.1, 0.15) is 5.65 Å². The van der Waals surface area contributed by atoms with E-state index in [0.717, 1.165) is 37.2 Å². The lowest BCUT2D eigenvalue weighted by atomic mass is 10.00. The average Bonchev–Trinajstić information content (AvgIpc) is 2.67. The van der Waals surface area contributed by atoms with Crippen LogP contribution in [0.4, 0.5) is 5.82 Å². The summed E-state index contributed by atoms with van der Waals surface area (Å²) in [6.45, 7) is 3.39. The van der Waals surface area contributed by atoms with Gasteiger partial charge in [-0.1, -0.05) is 6.07 Å². The standard InChI is InChI=1S/C15H19N3O2/c1-11-14(16-13-6-2-3-8-18(11)13)17-15(19)12-5-4-9-20-10-7-12/h2-3,6,8,12H,4-5,7,9-10H2,1H3,(H,17,19). The van der Waals surface area contributed by atoms with E-state index in [9.17, 15) is 4.79 Å². The largest absolute Gasteiger partial charge is 0.381 e. The minimum absolute atomic E-state index is 0.0294. The fourth-order valence-corrected chi connectivity index (χ4v) is 2.62. The summed E-state index contributed by atoms with van der Waals surface area (Å²) in [5.74, 6) is 0.745. The number of ether oxygens (including phenoxy) is 1. The number of hydrogen-bond donors (Lipinski definition) is 1. The van der Waals surface area contributed by atoms with Crippen LogP contribution in [0.25, 0.3) is 5.65 Å². The van der Waals surface area contributed by atoms with Gasteiger partial charge in [0.05, 0.1) is 5.69 Å². The van der Waals surface area contributed by atoms with Gasteiger partial charge in [0.2, 0.25) is 5.91 Å². The van der Waals surface area contributed by atoms with Crippen LogP contribution in [0.5, 0.6) is 0 Å². The maximum atomic E-state index is 12.3. The van der Waals surface area contributed by atoms with E-state index < -0.39 is 0 Å². The van der Waals surface area contributed by atoms with Crippen molar-refractivity contribution >= 4 is 17.4 Å². The van der Waals surface area contributed by atoms with Crippen LogP contribution in [0.3, 0.4) is 0 Å². The highest BCUT2D eigenvalue weighted by Gasteiger charge is 2.22. The number of carbonyl (C=O) groups excluding carboxylic acids is 1. The van der Waals surface area contributed by atoms with Crippen LogP contribution in [-0.4, -0.2) is 28.5 Å². The van der Waals surface area contributed by atoms with Crippen molar-refractivity contribution < 1.29 is 9.53 Å². The molecular formula is C15H19N3O2. The first kappa shape index (κ1) is 13.1. The average molecular weight is 273 g/mol. The third-order valence-electron chi connectivity index (χ3n) is 3.83.